The molecule has 1 N–H and O–H groups in total. The van der Waals surface area contributed by atoms with E-state index in [1.807, 2.05) is 0 Å². The lowest BCUT2D eigenvalue weighted by Crippen LogP contribution is -2.23. The van der Waals surface area contributed by atoms with Crippen LogP contribution in [0.2, 0.25) is 0 Å². The second-order valence-electron chi connectivity index (χ2n) is 3.34. The van der Waals surface area contributed by atoms with Gasteiger partial charge in [0.15, 0.2) is 0 Å². The zero-order chi connectivity index (χ0) is 12.9. The van der Waals surface area contributed by atoms with Crippen LogP contribution in [0.3, 0.4) is 0 Å². The standard InChI is InChI=1S/C12H11F3N2/c1-2-7-17-11(8-16)9-5-3-4-6-10(9)12(13,14)15/h2-6,11,17H,1,7H2. The number of hydrogen-bond acceptors (Lipinski definition) is 2. The average molecular weight is 240 g/mol. The first-order valence-electron chi connectivity index (χ1n) is 4.90. The van der Waals surface area contributed by atoms with Crippen molar-refractivity contribution < 1.29 is 13.2 Å². The molecule has 0 saturated heterocycles. The molecule has 0 spiro atoms. The van der Waals surface area contributed by atoms with E-state index in [1.165, 1.54) is 24.3 Å². The first-order valence-corrected chi connectivity index (χ1v) is 4.90. The number of hydrogen-bond donors (Lipinski definition) is 1. The molecule has 1 aromatic rings. The summed E-state index contributed by atoms with van der Waals surface area (Å²) in [5.41, 5.74) is -0.854. The quantitative estimate of drug-likeness (QED) is 0.821. The van der Waals surface area contributed by atoms with Gasteiger partial charge in [0.05, 0.1) is 11.6 Å². The summed E-state index contributed by atoms with van der Waals surface area (Å²) in [6.07, 6.45) is -2.97. The molecule has 0 amide bonds. The van der Waals surface area contributed by atoms with E-state index in [-0.39, 0.29) is 12.1 Å². The molecule has 0 aliphatic rings. The maximum absolute atomic E-state index is 12.7. The van der Waals surface area contributed by atoms with Gasteiger partial charge in [-0.2, -0.15) is 18.4 Å². The Hall–Kier alpha value is -1.80. The molecule has 0 heterocycles. The summed E-state index contributed by atoms with van der Waals surface area (Å²) in [7, 11) is 0. The van der Waals surface area contributed by atoms with E-state index in [0.29, 0.717) is 0 Å². The van der Waals surface area contributed by atoms with Gasteiger partial charge in [-0.05, 0) is 11.6 Å². The van der Waals surface area contributed by atoms with E-state index in [9.17, 15) is 13.2 Å². The average Bonchev–Trinajstić information content (AvgIpc) is 2.29. The lowest BCUT2D eigenvalue weighted by atomic mass is 10.0. The van der Waals surface area contributed by atoms with Crippen LogP contribution in [0.25, 0.3) is 0 Å². The summed E-state index contributed by atoms with van der Waals surface area (Å²) < 4.78 is 38.1. The Morgan fingerprint density at radius 3 is 2.59 bits per heavy atom. The van der Waals surface area contributed by atoms with Gasteiger partial charge >= 0.3 is 6.18 Å². The molecule has 1 atom stereocenters. The van der Waals surface area contributed by atoms with Gasteiger partial charge < -0.3 is 0 Å². The molecule has 0 radical (unpaired) electrons. The van der Waals surface area contributed by atoms with Crippen molar-refractivity contribution in [2.75, 3.05) is 6.54 Å². The zero-order valence-electron chi connectivity index (χ0n) is 8.96. The van der Waals surface area contributed by atoms with Crippen LogP contribution in [0.15, 0.2) is 36.9 Å². The van der Waals surface area contributed by atoms with Crippen LogP contribution in [-0.2, 0) is 6.18 Å². The van der Waals surface area contributed by atoms with Crippen molar-refractivity contribution in [3.05, 3.63) is 48.0 Å². The Kier molecular flexibility index (Phi) is 4.30. The Morgan fingerprint density at radius 2 is 2.06 bits per heavy atom. The highest BCUT2D eigenvalue weighted by Crippen LogP contribution is 2.34. The molecule has 1 rings (SSSR count). The predicted molar refractivity (Wildman–Crippen MR) is 58.0 cm³/mol. The maximum Gasteiger partial charge on any atom is 0.416 e. The van der Waals surface area contributed by atoms with Crippen LogP contribution >= 0.6 is 0 Å². The summed E-state index contributed by atoms with van der Waals surface area (Å²) in [4.78, 5) is 0. The number of nitriles is 1. The highest BCUT2D eigenvalue weighted by Gasteiger charge is 2.34. The SMILES string of the molecule is C=CCNC(C#N)c1ccccc1C(F)(F)F. The number of nitrogens with zero attached hydrogens (tertiary/aromatic N) is 1. The third-order valence-electron chi connectivity index (χ3n) is 2.17. The van der Waals surface area contributed by atoms with Crippen LogP contribution in [0.1, 0.15) is 17.2 Å². The lowest BCUT2D eigenvalue weighted by Gasteiger charge is -2.16. The number of nitrogens with one attached hydrogen (secondary N) is 1. The monoisotopic (exact) mass is 240 g/mol. The molecular formula is C12H11F3N2. The fourth-order valence-corrected chi connectivity index (χ4v) is 1.43. The van der Waals surface area contributed by atoms with Crippen molar-refractivity contribution in [3.8, 4) is 6.07 Å². The molecular weight excluding hydrogens is 229 g/mol. The molecule has 0 aliphatic heterocycles. The summed E-state index contributed by atoms with van der Waals surface area (Å²) in [5, 5.41) is 11.6. The predicted octanol–water partition coefficient (Wildman–Crippen LogP) is 3.05. The molecule has 0 fully saturated rings. The lowest BCUT2D eigenvalue weighted by molar-refractivity contribution is -0.138. The van der Waals surface area contributed by atoms with Gasteiger partial charge in [0.25, 0.3) is 0 Å². The second kappa shape index (κ2) is 5.51. The second-order valence-corrected chi connectivity index (χ2v) is 3.34. The highest BCUT2D eigenvalue weighted by atomic mass is 19.4. The van der Waals surface area contributed by atoms with Crippen molar-refractivity contribution in [3.63, 3.8) is 0 Å². The smallest absolute Gasteiger partial charge is 0.295 e. The Labute approximate surface area is 97.4 Å². The number of alkyl halides is 3. The normalized spacial score (nSPS) is 12.8. The van der Waals surface area contributed by atoms with Crippen molar-refractivity contribution in [2.24, 2.45) is 0 Å². The van der Waals surface area contributed by atoms with Gasteiger partial charge in [0.1, 0.15) is 6.04 Å². The van der Waals surface area contributed by atoms with Crippen molar-refractivity contribution in [2.45, 2.75) is 12.2 Å². The summed E-state index contributed by atoms with van der Waals surface area (Å²) in [6.45, 7) is 3.71. The molecule has 90 valence electrons. The Morgan fingerprint density at radius 1 is 1.41 bits per heavy atom. The molecule has 0 aliphatic carbocycles. The van der Waals surface area contributed by atoms with E-state index < -0.39 is 17.8 Å². The van der Waals surface area contributed by atoms with Gasteiger partial charge in [0, 0.05) is 6.54 Å². The van der Waals surface area contributed by atoms with E-state index in [0.717, 1.165) is 6.07 Å². The van der Waals surface area contributed by atoms with Crippen molar-refractivity contribution in [1.29, 1.82) is 5.26 Å². The maximum atomic E-state index is 12.7. The van der Waals surface area contributed by atoms with E-state index in [1.54, 1.807) is 6.07 Å². The van der Waals surface area contributed by atoms with Gasteiger partial charge in [-0.3, -0.25) is 5.32 Å². The largest absolute Gasteiger partial charge is 0.416 e. The van der Waals surface area contributed by atoms with Crippen LogP contribution in [-0.4, -0.2) is 6.54 Å². The van der Waals surface area contributed by atoms with Crippen LogP contribution in [0.4, 0.5) is 13.2 Å². The Bertz CT molecular complexity index is 432. The molecule has 0 saturated carbocycles. The van der Waals surface area contributed by atoms with Crippen LogP contribution in [0, 0.1) is 11.3 Å². The van der Waals surface area contributed by atoms with Gasteiger partial charge in [-0.25, -0.2) is 0 Å². The van der Waals surface area contributed by atoms with E-state index >= 15 is 0 Å². The zero-order valence-corrected chi connectivity index (χ0v) is 8.96. The molecule has 0 bridgehead atoms. The van der Waals surface area contributed by atoms with E-state index in [2.05, 4.69) is 11.9 Å². The minimum atomic E-state index is -4.46. The van der Waals surface area contributed by atoms with Gasteiger partial charge in [0.2, 0.25) is 0 Å². The van der Waals surface area contributed by atoms with Gasteiger partial charge in [-0.15, -0.1) is 6.58 Å². The van der Waals surface area contributed by atoms with Crippen LogP contribution < -0.4 is 5.32 Å². The fourth-order valence-electron chi connectivity index (χ4n) is 1.43. The fraction of sp³-hybridized carbons (Fsp3) is 0.250. The number of halogens is 3. The third kappa shape index (κ3) is 3.33. The molecule has 0 aromatic heterocycles. The molecule has 2 nitrogen and oxygen atoms in total. The minimum Gasteiger partial charge on any atom is -0.295 e. The summed E-state index contributed by atoms with van der Waals surface area (Å²) >= 11 is 0. The number of benzene rings is 1. The van der Waals surface area contributed by atoms with E-state index in [4.69, 9.17) is 5.26 Å². The molecule has 17 heavy (non-hydrogen) atoms. The molecule has 5 heteroatoms. The van der Waals surface area contributed by atoms with Crippen molar-refractivity contribution in [1.82, 2.24) is 5.32 Å². The number of rotatable bonds is 4. The first kappa shape index (κ1) is 13.3. The Balaban J connectivity index is 3.12. The molecule has 1 aromatic carbocycles. The van der Waals surface area contributed by atoms with Crippen molar-refractivity contribution >= 4 is 0 Å². The third-order valence-corrected chi connectivity index (χ3v) is 2.17. The van der Waals surface area contributed by atoms with Crippen LogP contribution in [0.5, 0.6) is 0 Å². The highest BCUT2D eigenvalue weighted by molar-refractivity contribution is 5.35. The summed E-state index contributed by atoms with van der Waals surface area (Å²) in [5.74, 6) is 0. The minimum absolute atomic E-state index is 0.0654. The van der Waals surface area contributed by atoms with Gasteiger partial charge in [-0.1, -0.05) is 24.3 Å². The molecule has 1 unspecified atom stereocenters. The first-order chi connectivity index (χ1) is 8.00. The summed E-state index contributed by atoms with van der Waals surface area (Å²) in [6, 6.07) is 5.85. The topological polar surface area (TPSA) is 35.8 Å².